The number of hydrogen-bond donors (Lipinski definition) is 0. The SMILES string of the molecule is CC(C)(C)C.COc1ccc(OCCOC(C)Oc2ccc(C(C)C(C)(C)C)cc2)cc1. The van der Waals surface area contributed by atoms with Crippen LogP contribution in [0.15, 0.2) is 48.5 Å². The summed E-state index contributed by atoms with van der Waals surface area (Å²) < 4.78 is 22.3. The zero-order valence-corrected chi connectivity index (χ0v) is 21.8. The molecule has 180 valence electrons. The Morgan fingerprint density at radius 2 is 1.16 bits per heavy atom. The van der Waals surface area contributed by atoms with Crippen LogP contribution in [0, 0.1) is 10.8 Å². The van der Waals surface area contributed by atoms with Crippen LogP contribution in [-0.4, -0.2) is 26.6 Å². The molecular formula is C28H44O4. The van der Waals surface area contributed by atoms with Gasteiger partial charge in [-0.1, -0.05) is 67.5 Å². The zero-order chi connectivity index (χ0) is 24.4. The second kappa shape index (κ2) is 12.7. The molecule has 0 spiro atoms. The first-order valence-electron chi connectivity index (χ1n) is 11.4. The van der Waals surface area contributed by atoms with Crippen LogP contribution >= 0.6 is 0 Å². The molecule has 0 amide bonds. The first-order valence-corrected chi connectivity index (χ1v) is 11.4. The van der Waals surface area contributed by atoms with Gasteiger partial charge < -0.3 is 18.9 Å². The van der Waals surface area contributed by atoms with Gasteiger partial charge in [0.1, 0.15) is 23.9 Å². The van der Waals surface area contributed by atoms with Gasteiger partial charge in [0, 0.05) is 0 Å². The van der Waals surface area contributed by atoms with Crippen molar-refractivity contribution in [3.05, 3.63) is 54.1 Å². The minimum absolute atomic E-state index is 0.239. The van der Waals surface area contributed by atoms with Gasteiger partial charge in [-0.3, -0.25) is 0 Å². The summed E-state index contributed by atoms with van der Waals surface area (Å²) >= 11 is 0. The lowest BCUT2D eigenvalue weighted by atomic mass is 9.78. The van der Waals surface area contributed by atoms with E-state index in [0.717, 1.165) is 17.2 Å². The lowest BCUT2D eigenvalue weighted by Crippen LogP contribution is -2.20. The highest BCUT2D eigenvalue weighted by atomic mass is 16.7. The molecule has 0 aliphatic carbocycles. The summed E-state index contributed by atoms with van der Waals surface area (Å²) in [6.45, 7) is 20.6. The third-order valence-electron chi connectivity index (χ3n) is 4.75. The highest BCUT2D eigenvalue weighted by Crippen LogP contribution is 2.35. The van der Waals surface area contributed by atoms with Gasteiger partial charge in [0.05, 0.1) is 13.7 Å². The van der Waals surface area contributed by atoms with E-state index in [-0.39, 0.29) is 11.7 Å². The van der Waals surface area contributed by atoms with Crippen LogP contribution in [0.4, 0.5) is 0 Å². The third-order valence-corrected chi connectivity index (χ3v) is 4.75. The Bertz CT molecular complexity index is 746. The molecule has 32 heavy (non-hydrogen) atoms. The summed E-state index contributed by atoms with van der Waals surface area (Å²) in [6, 6.07) is 15.8. The van der Waals surface area contributed by atoms with Crippen LogP contribution in [0.5, 0.6) is 17.2 Å². The van der Waals surface area contributed by atoms with Gasteiger partial charge >= 0.3 is 0 Å². The van der Waals surface area contributed by atoms with E-state index in [1.54, 1.807) is 7.11 Å². The molecule has 0 saturated carbocycles. The Morgan fingerprint density at radius 1 is 0.688 bits per heavy atom. The molecule has 0 saturated heterocycles. The van der Waals surface area contributed by atoms with Crippen molar-refractivity contribution in [2.24, 2.45) is 10.8 Å². The highest BCUT2D eigenvalue weighted by Gasteiger charge is 2.21. The van der Waals surface area contributed by atoms with Crippen molar-refractivity contribution in [3.63, 3.8) is 0 Å². The van der Waals surface area contributed by atoms with Crippen LogP contribution in [0.3, 0.4) is 0 Å². The summed E-state index contributed by atoms with van der Waals surface area (Å²) in [6.07, 6.45) is -0.338. The fourth-order valence-electron chi connectivity index (χ4n) is 2.61. The van der Waals surface area contributed by atoms with Crippen molar-refractivity contribution in [2.75, 3.05) is 20.3 Å². The molecule has 2 unspecified atom stereocenters. The molecule has 0 radical (unpaired) electrons. The van der Waals surface area contributed by atoms with Crippen LogP contribution in [-0.2, 0) is 4.74 Å². The molecule has 0 fully saturated rings. The molecule has 0 aromatic heterocycles. The molecule has 0 aliphatic rings. The van der Waals surface area contributed by atoms with Crippen molar-refractivity contribution >= 4 is 0 Å². The van der Waals surface area contributed by atoms with Gasteiger partial charge in [-0.25, -0.2) is 0 Å². The van der Waals surface area contributed by atoms with E-state index < -0.39 is 0 Å². The molecular weight excluding hydrogens is 400 g/mol. The molecule has 0 bridgehead atoms. The van der Waals surface area contributed by atoms with E-state index in [1.165, 1.54) is 5.56 Å². The summed E-state index contributed by atoms with van der Waals surface area (Å²) in [7, 11) is 1.64. The van der Waals surface area contributed by atoms with Crippen LogP contribution in [0.1, 0.15) is 73.8 Å². The molecule has 2 aromatic carbocycles. The Labute approximate surface area is 196 Å². The largest absolute Gasteiger partial charge is 0.497 e. The van der Waals surface area contributed by atoms with E-state index in [0.29, 0.717) is 24.5 Å². The highest BCUT2D eigenvalue weighted by molar-refractivity contribution is 5.31. The molecule has 0 heterocycles. The minimum Gasteiger partial charge on any atom is -0.497 e. The van der Waals surface area contributed by atoms with Crippen molar-refractivity contribution in [3.8, 4) is 17.2 Å². The molecule has 2 rings (SSSR count). The monoisotopic (exact) mass is 444 g/mol. The van der Waals surface area contributed by atoms with Crippen molar-refractivity contribution < 1.29 is 18.9 Å². The molecule has 2 aromatic rings. The minimum atomic E-state index is -0.338. The second-order valence-corrected chi connectivity index (χ2v) is 10.7. The maximum Gasteiger partial charge on any atom is 0.197 e. The fraction of sp³-hybridized carbons (Fsp3) is 0.571. The number of methoxy groups -OCH3 is 1. The lowest BCUT2D eigenvalue weighted by molar-refractivity contribution is -0.0739. The average molecular weight is 445 g/mol. The maximum absolute atomic E-state index is 5.82. The Kier molecular flexibility index (Phi) is 11.1. The van der Waals surface area contributed by atoms with Crippen molar-refractivity contribution in [1.29, 1.82) is 0 Å². The summed E-state index contributed by atoms with van der Waals surface area (Å²) in [4.78, 5) is 0. The van der Waals surface area contributed by atoms with Gasteiger partial charge in [-0.05, 0) is 65.6 Å². The molecule has 4 heteroatoms. The van der Waals surface area contributed by atoms with E-state index in [4.69, 9.17) is 18.9 Å². The van der Waals surface area contributed by atoms with Gasteiger partial charge in [-0.2, -0.15) is 0 Å². The van der Waals surface area contributed by atoms with Crippen LogP contribution in [0.2, 0.25) is 0 Å². The smallest absolute Gasteiger partial charge is 0.197 e. The number of hydrogen-bond acceptors (Lipinski definition) is 4. The van der Waals surface area contributed by atoms with Crippen molar-refractivity contribution in [1.82, 2.24) is 0 Å². The normalized spacial score (nSPS) is 13.4. The molecule has 4 nitrogen and oxygen atoms in total. The number of rotatable bonds is 9. The second-order valence-electron chi connectivity index (χ2n) is 10.7. The third kappa shape index (κ3) is 12.0. The maximum atomic E-state index is 5.82. The molecule has 2 atom stereocenters. The Balaban J connectivity index is 0.000000920. The predicted molar refractivity (Wildman–Crippen MR) is 134 cm³/mol. The summed E-state index contributed by atoms with van der Waals surface area (Å²) in [5, 5.41) is 0. The fourth-order valence-corrected chi connectivity index (χ4v) is 2.61. The topological polar surface area (TPSA) is 36.9 Å². The van der Waals surface area contributed by atoms with E-state index in [9.17, 15) is 0 Å². The van der Waals surface area contributed by atoms with Gasteiger partial charge in [0.25, 0.3) is 0 Å². The standard InChI is InChI=1S/C23H32O4.C5H12/c1-17(23(3,4)5)19-7-9-22(10-8-19)27-18(2)25-15-16-26-21-13-11-20(24-6)12-14-21;1-5(2,3)4/h7-14,17-18H,15-16H2,1-6H3;1-4H3. The zero-order valence-electron chi connectivity index (χ0n) is 21.8. The first-order chi connectivity index (χ1) is 14.8. The van der Waals surface area contributed by atoms with Gasteiger partial charge in [0.15, 0.2) is 6.29 Å². The quantitative estimate of drug-likeness (QED) is 0.293. The average Bonchev–Trinajstić information content (AvgIpc) is 2.70. The molecule has 0 aliphatic heterocycles. The predicted octanol–water partition coefficient (Wildman–Crippen LogP) is 7.72. The van der Waals surface area contributed by atoms with E-state index in [1.807, 2.05) is 43.3 Å². The number of ether oxygens (including phenoxy) is 4. The lowest BCUT2D eigenvalue weighted by Gasteiger charge is -2.27. The van der Waals surface area contributed by atoms with Crippen LogP contribution in [0.25, 0.3) is 0 Å². The Hall–Kier alpha value is -2.20. The van der Waals surface area contributed by atoms with E-state index in [2.05, 4.69) is 67.5 Å². The van der Waals surface area contributed by atoms with Gasteiger partial charge in [-0.15, -0.1) is 0 Å². The molecule has 0 N–H and O–H groups in total. The Morgan fingerprint density at radius 3 is 1.62 bits per heavy atom. The van der Waals surface area contributed by atoms with Crippen molar-refractivity contribution in [2.45, 2.75) is 74.5 Å². The summed E-state index contributed by atoms with van der Waals surface area (Å²) in [5.74, 6) is 2.89. The van der Waals surface area contributed by atoms with Crippen LogP contribution < -0.4 is 14.2 Å². The van der Waals surface area contributed by atoms with Gasteiger partial charge in [0.2, 0.25) is 0 Å². The first kappa shape index (κ1) is 27.8. The van der Waals surface area contributed by atoms with E-state index >= 15 is 0 Å². The number of benzene rings is 2. The summed E-state index contributed by atoms with van der Waals surface area (Å²) in [5.41, 5.74) is 2.05.